The number of anilines is 1. The van der Waals surface area contributed by atoms with Gasteiger partial charge >= 0.3 is 0 Å². The Labute approximate surface area is 132 Å². The lowest BCUT2D eigenvalue weighted by Crippen LogP contribution is -1.95. The zero-order chi connectivity index (χ0) is 14.7. The van der Waals surface area contributed by atoms with Crippen LogP contribution in [0.15, 0.2) is 16.7 Å². The lowest BCUT2D eigenvalue weighted by molar-refractivity contribution is 0.425. The molecule has 20 heavy (non-hydrogen) atoms. The number of thioether (sulfide) groups is 1. The second-order valence-electron chi connectivity index (χ2n) is 4.39. The van der Waals surface area contributed by atoms with Gasteiger partial charge in [0.2, 0.25) is 0 Å². The van der Waals surface area contributed by atoms with Crippen molar-refractivity contribution in [2.75, 3.05) is 5.73 Å². The second kappa shape index (κ2) is 6.70. The van der Waals surface area contributed by atoms with Crippen molar-refractivity contribution in [2.24, 2.45) is 0 Å². The summed E-state index contributed by atoms with van der Waals surface area (Å²) in [7, 11) is 0. The lowest BCUT2D eigenvalue weighted by atomic mass is 10.2. The predicted octanol–water partition coefficient (Wildman–Crippen LogP) is 4.66. The highest BCUT2D eigenvalue weighted by molar-refractivity contribution is 7.99. The summed E-state index contributed by atoms with van der Waals surface area (Å²) in [5.74, 6) is 1.68. The van der Waals surface area contributed by atoms with E-state index in [2.05, 4.69) is 24.0 Å². The van der Waals surface area contributed by atoms with Crippen molar-refractivity contribution in [3.8, 4) is 11.5 Å². The highest BCUT2D eigenvalue weighted by Crippen LogP contribution is 2.34. The molecule has 1 unspecified atom stereocenters. The van der Waals surface area contributed by atoms with Gasteiger partial charge in [0.1, 0.15) is 0 Å². The Kier molecular flexibility index (Phi) is 5.18. The van der Waals surface area contributed by atoms with Gasteiger partial charge in [-0.15, -0.1) is 0 Å². The van der Waals surface area contributed by atoms with Crippen molar-refractivity contribution in [3.05, 3.63) is 28.0 Å². The Morgan fingerprint density at radius 1 is 1.40 bits per heavy atom. The van der Waals surface area contributed by atoms with Crippen LogP contribution in [0.1, 0.15) is 26.1 Å². The van der Waals surface area contributed by atoms with Gasteiger partial charge in [0, 0.05) is 10.3 Å². The standard InChI is InChI=1S/C13H15Cl2N3OS/c1-3-7(2)20-6-11-17-13(19-18-11)9-4-8(14)5-10(15)12(9)16/h4-5,7H,3,6,16H2,1-2H3. The minimum Gasteiger partial charge on any atom is -0.397 e. The van der Waals surface area contributed by atoms with Gasteiger partial charge in [0.15, 0.2) is 5.82 Å². The maximum Gasteiger partial charge on any atom is 0.260 e. The smallest absolute Gasteiger partial charge is 0.260 e. The number of nitrogen functional groups attached to an aromatic ring is 1. The van der Waals surface area contributed by atoms with E-state index in [4.69, 9.17) is 33.5 Å². The van der Waals surface area contributed by atoms with Crippen LogP contribution in [0.2, 0.25) is 10.0 Å². The van der Waals surface area contributed by atoms with Crippen molar-refractivity contribution in [1.82, 2.24) is 10.1 Å². The van der Waals surface area contributed by atoms with Crippen LogP contribution in [0, 0.1) is 0 Å². The molecule has 0 aliphatic rings. The van der Waals surface area contributed by atoms with Gasteiger partial charge in [-0.2, -0.15) is 16.7 Å². The molecule has 0 aliphatic carbocycles. The van der Waals surface area contributed by atoms with Crippen LogP contribution in [-0.4, -0.2) is 15.4 Å². The van der Waals surface area contributed by atoms with E-state index in [0.717, 1.165) is 6.42 Å². The van der Waals surface area contributed by atoms with Crippen molar-refractivity contribution < 1.29 is 4.52 Å². The summed E-state index contributed by atoms with van der Waals surface area (Å²) < 4.78 is 5.24. The summed E-state index contributed by atoms with van der Waals surface area (Å²) in [6.45, 7) is 4.31. The average Bonchev–Trinajstić information content (AvgIpc) is 2.88. The SMILES string of the molecule is CCC(C)SCc1noc(-c2cc(Cl)cc(Cl)c2N)n1. The molecule has 1 heterocycles. The first-order valence-electron chi connectivity index (χ1n) is 6.20. The molecule has 0 spiro atoms. The first-order chi connectivity index (χ1) is 9.51. The molecule has 0 saturated heterocycles. The maximum atomic E-state index is 5.99. The Balaban J connectivity index is 2.21. The van der Waals surface area contributed by atoms with Crippen molar-refractivity contribution in [3.63, 3.8) is 0 Å². The lowest BCUT2D eigenvalue weighted by Gasteiger charge is -2.04. The van der Waals surface area contributed by atoms with E-state index < -0.39 is 0 Å². The second-order valence-corrected chi connectivity index (χ2v) is 6.66. The van der Waals surface area contributed by atoms with E-state index in [1.54, 1.807) is 23.9 Å². The molecule has 0 saturated carbocycles. The molecular formula is C13H15Cl2N3OS. The number of rotatable bonds is 5. The molecule has 1 aromatic heterocycles. The third-order valence-electron chi connectivity index (χ3n) is 2.86. The number of benzene rings is 1. The average molecular weight is 332 g/mol. The van der Waals surface area contributed by atoms with Crippen molar-refractivity contribution in [2.45, 2.75) is 31.3 Å². The fourth-order valence-electron chi connectivity index (χ4n) is 1.52. The van der Waals surface area contributed by atoms with Gasteiger partial charge in [0.05, 0.1) is 22.0 Å². The summed E-state index contributed by atoms with van der Waals surface area (Å²) in [6, 6.07) is 3.25. The van der Waals surface area contributed by atoms with Gasteiger partial charge < -0.3 is 10.3 Å². The van der Waals surface area contributed by atoms with Crippen LogP contribution in [0.5, 0.6) is 0 Å². The molecule has 2 rings (SSSR count). The van der Waals surface area contributed by atoms with Crippen molar-refractivity contribution >= 4 is 40.7 Å². The molecule has 1 atom stereocenters. The highest BCUT2D eigenvalue weighted by atomic mass is 35.5. The Morgan fingerprint density at radius 2 is 2.15 bits per heavy atom. The van der Waals surface area contributed by atoms with Crippen molar-refractivity contribution in [1.29, 1.82) is 0 Å². The normalized spacial score (nSPS) is 12.6. The fourth-order valence-corrected chi connectivity index (χ4v) is 2.80. The van der Waals surface area contributed by atoms with Gasteiger partial charge in [-0.25, -0.2) is 0 Å². The van der Waals surface area contributed by atoms with E-state index in [-0.39, 0.29) is 0 Å². The molecule has 108 valence electrons. The number of aromatic nitrogens is 2. The van der Waals surface area contributed by atoms with E-state index in [1.807, 2.05) is 0 Å². The summed E-state index contributed by atoms with van der Waals surface area (Å²) in [5, 5.41) is 5.36. The molecule has 2 N–H and O–H groups in total. The number of halogens is 2. The highest BCUT2D eigenvalue weighted by Gasteiger charge is 2.15. The largest absolute Gasteiger partial charge is 0.397 e. The summed E-state index contributed by atoms with van der Waals surface area (Å²) in [6.07, 6.45) is 1.10. The van der Waals surface area contributed by atoms with E-state index in [1.165, 1.54) is 0 Å². The molecule has 0 fully saturated rings. The quantitative estimate of drug-likeness (QED) is 0.807. The first-order valence-corrected chi connectivity index (χ1v) is 8.00. The molecule has 0 bridgehead atoms. The molecule has 4 nitrogen and oxygen atoms in total. The molecule has 0 amide bonds. The van der Waals surface area contributed by atoms with Gasteiger partial charge in [-0.05, 0) is 18.6 Å². The number of nitrogens with two attached hydrogens (primary N) is 1. The third-order valence-corrected chi connectivity index (χ3v) is 4.72. The predicted molar refractivity (Wildman–Crippen MR) is 85.2 cm³/mol. The zero-order valence-electron chi connectivity index (χ0n) is 11.2. The fraction of sp³-hybridized carbons (Fsp3) is 0.385. The minimum absolute atomic E-state index is 0.339. The van der Waals surface area contributed by atoms with Crippen LogP contribution in [0.4, 0.5) is 5.69 Å². The number of nitrogens with zero attached hydrogens (tertiary/aromatic N) is 2. The molecule has 0 radical (unpaired) electrons. The van der Waals surface area contributed by atoms with E-state index in [0.29, 0.717) is 44.0 Å². The van der Waals surface area contributed by atoms with E-state index >= 15 is 0 Å². The van der Waals surface area contributed by atoms with Crippen LogP contribution in [-0.2, 0) is 5.75 Å². The maximum absolute atomic E-state index is 5.99. The summed E-state index contributed by atoms with van der Waals surface area (Å²) in [5.41, 5.74) is 6.87. The third kappa shape index (κ3) is 3.59. The van der Waals surface area contributed by atoms with E-state index in [9.17, 15) is 0 Å². The minimum atomic E-state index is 0.339. The Bertz CT molecular complexity index is 603. The summed E-state index contributed by atoms with van der Waals surface area (Å²) >= 11 is 13.7. The van der Waals surface area contributed by atoms with Gasteiger partial charge in [-0.1, -0.05) is 42.2 Å². The topological polar surface area (TPSA) is 64.9 Å². The Morgan fingerprint density at radius 3 is 2.85 bits per heavy atom. The molecule has 1 aromatic carbocycles. The Hall–Kier alpha value is -0.910. The zero-order valence-corrected chi connectivity index (χ0v) is 13.5. The number of hydrogen-bond donors (Lipinski definition) is 1. The van der Waals surface area contributed by atoms with Crippen LogP contribution in [0.3, 0.4) is 0 Å². The van der Waals surface area contributed by atoms with Crippen LogP contribution < -0.4 is 5.73 Å². The monoisotopic (exact) mass is 331 g/mol. The van der Waals surface area contributed by atoms with Crippen LogP contribution >= 0.6 is 35.0 Å². The number of hydrogen-bond acceptors (Lipinski definition) is 5. The first kappa shape index (κ1) is 15.5. The van der Waals surface area contributed by atoms with Gasteiger partial charge in [0.25, 0.3) is 5.89 Å². The van der Waals surface area contributed by atoms with Gasteiger partial charge in [-0.3, -0.25) is 0 Å². The molecular weight excluding hydrogens is 317 g/mol. The molecule has 2 aromatic rings. The van der Waals surface area contributed by atoms with Crippen LogP contribution in [0.25, 0.3) is 11.5 Å². The molecule has 7 heteroatoms. The molecule has 0 aliphatic heterocycles. The summed E-state index contributed by atoms with van der Waals surface area (Å²) in [4.78, 5) is 4.33.